The summed E-state index contributed by atoms with van der Waals surface area (Å²) in [4.78, 5) is 40.0. The number of hydrogen-bond acceptors (Lipinski definition) is 5. The van der Waals surface area contributed by atoms with Crippen molar-refractivity contribution in [2.75, 3.05) is 26.3 Å². The van der Waals surface area contributed by atoms with Crippen molar-refractivity contribution >= 4 is 46.5 Å². The van der Waals surface area contributed by atoms with E-state index >= 15 is 0 Å². The molecule has 0 saturated carbocycles. The van der Waals surface area contributed by atoms with Crippen molar-refractivity contribution in [3.05, 3.63) is 75.1 Å². The first kappa shape index (κ1) is 23.5. The van der Waals surface area contributed by atoms with Crippen molar-refractivity contribution in [2.45, 2.75) is 25.2 Å². The molecular formula is C25H25ClN2O4S. The van der Waals surface area contributed by atoms with Crippen LogP contribution in [0.3, 0.4) is 0 Å². The van der Waals surface area contributed by atoms with Crippen LogP contribution in [0.5, 0.6) is 0 Å². The van der Waals surface area contributed by atoms with Crippen LogP contribution in [0, 0.1) is 6.92 Å². The van der Waals surface area contributed by atoms with Crippen LogP contribution in [0.15, 0.2) is 53.4 Å². The van der Waals surface area contributed by atoms with Crippen LogP contribution in [0.25, 0.3) is 6.08 Å². The van der Waals surface area contributed by atoms with Gasteiger partial charge in [0, 0.05) is 31.3 Å². The molecule has 2 aliphatic rings. The van der Waals surface area contributed by atoms with Gasteiger partial charge in [0.05, 0.1) is 10.3 Å². The summed E-state index contributed by atoms with van der Waals surface area (Å²) >= 11 is 6.95. The molecule has 0 bridgehead atoms. The van der Waals surface area contributed by atoms with E-state index in [4.69, 9.17) is 16.3 Å². The monoisotopic (exact) mass is 484 g/mol. The number of aryl methyl sites for hydroxylation is 1. The van der Waals surface area contributed by atoms with Crippen molar-refractivity contribution in [1.82, 2.24) is 10.2 Å². The standard InChI is InChI=1S/C25H25ClN2O4S/c1-17-2-4-18(5-3-17)16-21-22(29)28(24(31)33-21)13-12-27-23(30)25(10-14-32-15-11-25)19-6-8-20(26)9-7-19/h2-9,16H,10-15H2,1H3,(H,27,30)/b21-16-. The third-order valence-electron chi connectivity index (χ3n) is 6.05. The third-order valence-corrected chi connectivity index (χ3v) is 7.21. The number of halogens is 1. The molecule has 0 radical (unpaired) electrons. The van der Waals surface area contributed by atoms with Gasteiger partial charge in [0.2, 0.25) is 5.91 Å². The predicted octanol–water partition coefficient (Wildman–Crippen LogP) is 4.55. The minimum Gasteiger partial charge on any atom is -0.381 e. The lowest BCUT2D eigenvalue weighted by atomic mass is 9.73. The third kappa shape index (κ3) is 5.16. The van der Waals surface area contributed by atoms with Gasteiger partial charge in [-0.25, -0.2) is 0 Å². The number of carbonyl (C=O) groups excluding carboxylic acids is 3. The van der Waals surface area contributed by atoms with Gasteiger partial charge < -0.3 is 10.1 Å². The molecule has 0 aliphatic carbocycles. The smallest absolute Gasteiger partial charge is 0.293 e. The van der Waals surface area contributed by atoms with E-state index in [1.807, 2.05) is 43.3 Å². The first-order valence-electron chi connectivity index (χ1n) is 10.8. The Labute approximate surface area is 202 Å². The van der Waals surface area contributed by atoms with Gasteiger partial charge in [-0.2, -0.15) is 0 Å². The summed E-state index contributed by atoms with van der Waals surface area (Å²) in [6.45, 7) is 3.27. The fourth-order valence-corrected chi connectivity index (χ4v) is 5.08. The highest BCUT2D eigenvalue weighted by atomic mass is 35.5. The number of amides is 3. The molecule has 8 heteroatoms. The van der Waals surface area contributed by atoms with Crippen LogP contribution in [0.1, 0.15) is 29.5 Å². The van der Waals surface area contributed by atoms with E-state index in [0.717, 1.165) is 28.5 Å². The zero-order chi connectivity index (χ0) is 23.4. The second-order valence-corrected chi connectivity index (χ2v) is 9.63. The normalized spacial score (nSPS) is 19.2. The molecule has 172 valence electrons. The van der Waals surface area contributed by atoms with E-state index in [2.05, 4.69) is 5.32 Å². The van der Waals surface area contributed by atoms with Crippen molar-refractivity contribution in [1.29, 1.82) is 0 Å². The second-order valence-electron chi connectivity index (χ2n) is 8.20. The van der Waals surface area contributed by atoms with Crippen LogP contribution in [-0.2, 0) is 19.7 Å². The number of thioether (sulfide) groups is 1. The molecular weight excluding hydrogens is 460 g/mol. The molecule has 2 heterocycles. The van der Waals surface area contributed by atoms with Crippen LogP contribution < -0.4 is 5.32 Å². The number of imide groups is 1. The molecule has 2 aliphatic heterocycles. The zero-order valence-corrected chi connectivity index (χ0v) is 19.9. The Morgan fingerprint density at radius 1 is 1.12 bits per heavy atom. The zero-order valence-electron chi connectivity index (χ0n) is 18.3. The molecule has 0 atom stereocenters. The van der Waals surface area contributed by atoms with Gasteiger partial charge in [-0.05, 0) is 60.9 Å². The predicted molar refractivity (Wildman–Crippen MR) is 130 cm³/mol. The molecule has 2 aromatic carbocycles. The maximum Gasteiger partial charge on any atom is 0.293 e. The summed E-state index contributed by atoms with van der Waals surface area (Å²) in [5.41, 5.74) is 2.16. The van der Waals surface area contributed by atoms with Crippen LogP contribution in [0.2, 0.25) is 5.02 Å². The van der Waals surface area contributed by atoms with Crippen molar-refractivity contribution in [3.63, 3.8) is 0 Å². The Bertz CT molecular complexity index is 1080. The molecule has 6 nitrogen and oxygen atoms in total. The molecule has 0 spiro atoms. The Hall–Kier alpha value is -2.61. The molecule has 4 rings (SSSR count). The van der Waals surface area contributed by atoms with E-state index < -0.39 is 5.41 Å². The summed E-state index contributed by atoms with van der Waals surface area (Å²) in [5, 5.41) is 3.23. The molecule has 3 amide bonds. The number of carbonyl (C=O) groups is 3. The number of rotatable bonds is 6. The largest absolute Gasteiger partial charge is 0.381 e. The highest BCUT2D eigenvalue weighted by molar-refractivity contribution is 8.18. The Morgan fingerprint density at radius 3 is 2.45 bits per heavy atom. The Morgan fingerprint density at radius 2 is 1.79 bits per heavy atom. The topological polar surface area (TPSA) is 75.7 Å². The van der Waals surface area contributed by atoms with E-state index in [-0.39, 0.29) is 30.1 Å². The summed E-state index contributed by atoms with van der Waals surface area (Å²) in [6, 6.07) is 15.0. The van der Waals surface area contributed by atoms with E-state index in [1.54, 1.807) is 18.2 Å². The maximum atomic E-state index is 13.3. The number of hydrogen-bond donors (Lipinski definition) is 1. The molecule has 0 unspecified atom stereocenters. The number of benzene rings is 2. The number of nitrogens with one attached hydrogen (secondary N) is 1. The highest BCUT2D eigenvalue weighted by Crippen LogP contribution is 2.36. The highest BCUT2D eigenvalue weighted by Gasteiger charge is 2.42. The quantitative estimate of drug-likeness (QED) is 0.609. The van der Waals surface area contributed by atoms with Gasteiger partial charge in [0.1, 0.15) is 0 Å². The van der Waals surface area contributed by atoms with Gasteiger partial charge >= 0.3 is 0 Å². The van der Waals surface area contributed by atoms with Crippen LogP contribution >= 0.6 is 23.4 Å². The molecule has 0 aromatic heterocycles. The fraction of sp³-hybridized carbons (Fsp3) is 0.320. The fourth-order valence-electron chi connectivity index (χ4n) is 4.09. The lowest BCUT2D eigenvalue weighted by molar-refractivity contribution is -0.131. The number of nitrogens with zero attached hydrogens (tertiary/aromatic N) is 1. The van der Waals surface area contributed by atoms with Crippen molar-refractivity contribution in [3.8, 4) is 0 Å². The lowest BCUT2D eigenvalue weighted by Crippen LogP contribution is -2.49. The lowest BCUT2D eigenvalue weighted by Gasteiger charge is -2.36. The van der Waals surface area contributed by atoms with Gasteiger partial charge in [0.25, 0.3) is 11.1 Å². The van der Waals surface area contributed by atoms with Gasteiger partial charge in [0.15, 0.2) is 0 Å². The van der Waals surface area contributed by atoms with E-state index in [9.17, 15) is 14.4 Å². The molecule has 33 heavy (non-hydrogen) atoms. The minimum absolute atomic E-state index is 0.120. The minimum atomic E-state index is -0.715. The molecule has 2 fully saturated rings. The molecule has 2 aromatic rings. The maximum absolute atomic E-state index is 13.3. The van der Waals surface area contributed by atoms with Crippen LogP contribution in [0.4, 0.5) is 4.79 Å². The summed E-state index contributed by atoms with van der Waals surface area (Å²) in [5.74, 6) is -0.464. The average Bonchev–Trinajstić information content (AvgIpc) is 3.08. The number of ether oxygens (including phenoxy) is 1. The van der Waals surface area contributed by atoms with Crippen molar-refractivity contribution < 1.29 is 19.1 Å². The SMILES string of the molecule is Cc1ccc(/C=C2\SC(=O)N(CCNC(=O)C3(c4ccc(Cl)cc4)CCOCC3)C2=O)cc1. The Balaban J connectivity index is 1.41. The van der Waals surface area contributed by atoms with E-state index in [0.29, 0.717) is 36.0 Å². The van der Waals surface area contributed by atoms with Gasteiger partial charge in [-0.15, -0.1) is 0 Å². The summed E-state index contributed by atoms with van der Waals surface area (Å²) < 4.78 is 5.49. The van der Waals surface area contributed by atoms with Crippen molar-refractivity contribution in [2.24, 2.45) is 0 Å². The van der Waals surface area contributed by atoms with Gasteiger partial charge in [-0.1, -0.05) is 53.6 Å². The first-order valence-corrected chi connectivity index (χ1v) is 12.0. The molecule has 1 N–H and O–H groups in total. The average molecular weight is 485 g/mol. The summed E-state index contributed by atoms with van der Waals surface area (Å²) in [7, 11) is 0. The van der Waals surface area contributed by atoms with Crippen LogP contribution in [-0.4, -0.2) is 48.3 Å². The van der Waals surface area contributed by atoms with E-state index in [1.165, 1.54) is 4.90 Å². The molecule has 2 saturated heterocycles. The summed E-state index contributed by atoms with van der Waals surface area (Å²) in [6.07, 6.45) is 2.84. The first-order chi connectivity index (χ1) is 15.9. The Kier molecular flexibility index (Phi) is 7.22. The second kappa shape index (κ2) is 10.1. The van der Waals surface area contributed by atoms with Gasteiger partial charge in [-0.3, -0.25) is 19.3 Å².